The largest absolute Gasteiger partial charge is 0.516 e. The van der Waals surface area contributed by atoms with E-state index in [9.17, 15) is 83.1 Å². The summed E-state index contributed by atoms with van der Waals surface area (Å²) in [6.07, 6.45) is 2.91. The molecular formula is C74H63F9N10O10S4. The van der Waals surface area contributed by atoms with Crippen LogP contribution < -0.4 is 18.9 Å². The molecule has 0 bridgehead atoms. The number of anilines is 4. The minimum atomic E-state index is -5.47. The molecule has 20 nitrogen and oxygen atoms in total. The third kappa shape index (κ3) is 16.5. The Balaban J connectivity index is 0.000000142. The summed E-state index contributed by atoms with van der Waals surface area (Å²) < 4.78 is 211. The van der Waals surface area contributed by atoms with Crippen molar-refractivity contribution in [2.24, 2.45) is 0 Å². The molecule has 7 unspecified atom stereocenters. The number of ketones is 1. The lowest BCUT2D eigenvalue weighted by Crippen LogP contribution is -2.29. The van der Waals surface area contributed by atoms with Crippen LogP contribution in [0.3, 0.4) is 0 Å². The zero-order valence-corrected chi connectivity index (χ0v) is 59.5. The van der Waals surface area contributed by atoms with Gasteiger partial charge in [0.25, 0.3) is 0 Å². The maximum absolute atomic E-state index is 12.6. The second-order valence-electron chi connectivity index (χ2n) is 26.2. The van der Waals surface area contributed by atoms with E-state index in [-0.39, 0.29) is 58.4 Å². The molecule has 0 radical (unpaired) electrons. The van der Waals surface area contributed by atoms with Crippen LogP contribution >= 0.6 is 0 Å². The second kappa shape index (κ2) is 28.3. The molecule has 15 rings (SSSR count). The van der Waals surface area contributed by atoms with Crippen molar-refractivity contribution in [3.63, 3.8) is 0 Å². The topological polar surface area (TPSA) is 308 Å². The minimum absolute atomic E-state index is 0.0101. The van der Waals surface area contributed by atoms with E-state index in [0.29, 0.717) is 11.3 Å². The first-order valence-electron chi connectivity index (χ1n) is 32.9. The van der Waals surface area contributed by atoms with Crippen LogP contribution in [0.5, 0.6) is 0 Å². The molecule has 3 aromatic heterocycles. The number of alkyl halides is 9. The van der Waals surface area contributed by atoms with Gasteiger partial charge < -0.3 is 20.1 Å². The van der Waals surface area contributed by atoms with Crippen molar-refractivity contribution in [3.05, 3.63) is 245 Å². The Bertz CT molecular complexity index is 5880. The summed E-state index contributed by atoms with van der Waals surface area (Å²) in [6.45, 7) is 3.27. The van der Waals surface area contributed by atoms with Crippen molar-refractivity contribution in [2.75, 3.05) is 25.1 Å². The van der Waals surface area contributed by atoms with Gasteiger partial charge in [-0.05, 0) is 180 Å². The third-order valence-electron chi connectivity index (χ3n) is 18.5. The number of carbonyl (C=O) groups is 1. The van der Waals surface area contributed by atoms with E-state index in [1.165, 1.54) is 48.0 Å². The molecule has 0 saturated heterocycles. The van der Waals surface area contributed by atoms with Crippen LogP contribution in [0.2, 0.25) is 0 Å². The number of sulfonamides is 4. The van der Waals surface area contributed by atoms with Crippen LogP contribution in [0.15, 0.2) is 200 Å². The molecule has 3 fully saturated rings. The maximum Gasteiger partial charge on any atom is 0.516 e. The smallest absolute Gasteiger partial charge is 0.389 e. The molecule has 3 aliphatic rings. The van der Waals surface area contributed by atoms with E-state index >= 15 is 0 Å². The van der Waals surface area contributed by atoms with Crippen LogP contribution in [-0.2, 0) is 40.1 Å². The van der Waals surface area contributed by atoms with Crippen molar-refractivity contribution in [1.82, 2.24) is 29.9 Å². The highest BCUT2D eigenvalue weighted by atomic mass is 32.2. The Kier molecular flexibility index (Phi) is 19.7. The lowest BCUT2D eigenvalue weighted by atomic mass is 9.96. The SMILES string of the molecule is CC(=O)c1ccccc1-c1ccc2nc(C3CC3c3ccc(NS(=O)(=O)C(F)(F)F)cc3)[nH]c2c1.CC(O)c1ccccc1-c1ccc2nc(C3CC3c3ccc(NS(=O)(=O)C(F)(F)F)cc3)[nH]c2c1.CS(=O)(=O)Nc1ccccc1-c1ccc2nc(C3CC3c3ccc(NS(=O)(=O)C(F)(F)F)cc3)[nH]c2c1. The summed E-state index contributed by atoms with van der Waals surface area (Å²) >= 11 is 0. The number of aromatic nitrogens is 6. The Morgan fingerprint density at radius 1 is 0.421 bits per heavy atom. The summed E-state index contributed by atoms with van der Waals surface area (Å²) in [5, 5.41) is 10.1. The number of imidazole rings is 3. The van der Waals surface area contributed by atoms with Gasteiger partial charge in [-0.15, -0.1) is 0 Å². The number of aromatic amines is 3. The number of carbonyl (C=O) groups excluding carboxylic acids is 1. The van der Waals surface area contributed by atoms with E-state index in [1.54, 1.807) is 71.0 Å². The fraction of sp³-hybridized carbons (Fsp3) is 0.216. The molecule has 12 aromatic rings. The lowest BCUT2D eigenvalue weighted by molar-refractivity contribution is -0.0435. The highest BCUT2D eigenvalue weighted by molar-refractivity contribution is 7.94. The molecule has 107 heavy (non-hydrogen) atoms. The third-order valence-corrected chi connectivity index (χ3v) is 22.4. The summed E-state index contributed by atoms with van der Waals surface area (Å²) in [5.41, 5.74) is -1.91. The first-order valence-corrected chi connectivity index (χ1v) is 39.2. The molecule has 7 atom stereocenters. The predicted molar refractivity (Wildman–Crippen MR) is 389 cm³/mol. The zero-order chi connectivity index (χ0) is 76.5. The van der Waals surface area contributed by atoms with Gasteiger partial charge in [0.1, 0.15) is 17.5 Å². The minimum Gasteiger partial charge on any atom is -0.389 e. The van der Waals surface area contributed by atoms with Crippen molar-refractivity contribution in [3.8, 4) is 33.4 Å². The van der Waals surface area contributed by atoms with Gasteiger partial charge in [0.15, 0.2) is 5.78 Å². The van der Waals surface area contributed by atoms with Crippen LogP contribution in [0.4, 0.5) is 62.3 Å². The molecule has 33 heteroatoms. The number of halogens is 9. The molecule has 3 heterocycles. The molecule has 0 amide bonds. The average Bonchev–Trinajstić information content (AvgIpc) is 1.62. The number of aliphatic hydroxyl groups excluding tert-OH is 1. The number of rotatable bonds is 19. The van der Waals surface area contributed by atoms with Crippen LogP contribution in [0, 0.1) is 0 Å². The number of nitrogens with one attached hydrogen (secondary N) is 7. The second-order valence-corrected chi connectivity index (χ2v) is 33.0. The number of aliphatic hydroxyl groups is 1. The van der Waals surface area contributed by atoms with Gasteiger partial charge in [0, 0.05) is 45.9 Å². The number of nitrogens with zero attached hydrogens (tertiary/aromatic N) is 3. The quantitative estimate of drug-likeness (QED) is 0.0276. The Morgan fingerprint density at radius 2 is 0.738 bits per heavy atom. The highest BCUT2D eigenvalue weighted by Gasteiger charge is 2.49. The Hall–Kier alpha value is -10.6. The first-order chi connectivity index (χ1) is 50.4. The summed E-state index contributed by atoms with van der Waals surface area (Å²) in [6, 6.07) is 57.1. The summed E-state index contributed by atoms with van der Waals surface area (Å²) in [4.78, 5) is 36.2. The van der Waals surface area contributed by atoms with Crippen LogP contribution in [-0.4, -0.2) is 97.2 Å². The Morgan fingerprint density at radius 3 is 1.08 bits per heavy atom. The average molecular weight is 1550 g/mol. The maximum atomic E-state index is 12.6. The number of Topliss-reactive ketones (excluding diaryl/α,β-unsaturated/α-hetero) is 1. The molecule has 556 valence electrons. The van der Waals surface area contributed by atoms with Gasteiger partial charge in [-0.2, -0.15) is 64.8 Å². The number of hydrogen-bond donors (Lipinski definition) is 8. The van der Waals surface area contributed by atoms with Crippen molar-refractivity contribution in [1.29, 1.82) is 0 Å². The molecular weight excluding hydrogens is 1490 g/mol. The van der Waals surface area contributed by atoms with Gasteiger partial charge in [0.2, 0.25) is 10.0 Å². The van der Waals surface area contributed by atoms with Crippen LogP contribution in [0.1, 0.15) is 125 Å². The van der Waals surface area contributed by atoms with Gasteiger partial charge in [-0.3, -0.25) is 23.7 Å². The van der Waals surface area contributed by atoms with Crippen molar-refractivity contribution < 1.29 is 83.1 Å². The fourth-order valence-corrected chi connectivity index (χ4v) is 15.2. The number of benzene rings is 9. The van der Waals surface area contributed by atoms with Crippen molar-refractivity contribution >= 4 is 102 Å². The Labute approximate surface area is 606 Å². The molecule has 0 spiro atoms. The number of fused-ring (bicyclic) bond motifs is 3. The van der Waals surface area contributed by atoms with Gasteiger partial charge in [0.05, 0.1) is 51.1 Å². The zero-order valence-electron chi connectivity index (χ0n) is 56.2. The monoisotopic (exact) mass is 1550 g/mol. The molecule has 0 aliphatic heterocycles. The predicted octanol–water partition coefficient (Wildman–Crippen LogP) is 16.9. The normalized spacial score (nSPS) is 18.3. The van der Waals surface area contributed by atoms with Gasteiger partial charge in [-0.1, -0.05) is 121 Å². The van der Waals surface area contributed by atoms with E-state index in [2.05, 4.69) is 24.7 Å². The molecule has 3 aliphatic carbocycles. The summed E-state index contributed by atoms with van der Waals surface area (Å²) in [5.74, 6) is 3.07. The summed E-state index contributed by atoms with van der Waals surface area (Å²) in [7, 11) is -19.8. The van der Waals surface area contributed by atoms with Crippen molar-refractivity contribution in [2.45, 2.75) is 91.2 Å². The lowest BCUT2D eigenvalue weighted by Gasteiger charge is -2.11. The number of para-hydroxylation sites is 1. The van der Waals surface area contributed by atoms with E-state index in [1.807, 2.05) is 109 Å². The number of hydrogen-bond acceptors (Lipinski definition) is 13. The first kappa shape index (κ1) is 74.7. The standard InChI is InChI=1S/C25H22F3N3O3S.C25H20F3N3O3S.C24H21F3N4O4S2/c2*1-14(32)18-4-2-3-5-19(18)16-8-11-22-23(12-16)30-24(29-22)21-13-20(21)15-6-9-17(10-7-15)31-35(33,34)25(26,27)28;1-36(32,33)31-20-5-3-2-4-17(20)15-8-11-21-22(12-15)29-23(28-21)19-13-18(19)14-6-9-16(10-7-14)30-37(34,35)24(25,26)27/h2-12,14,20-21,31-32H,13H2,1H3,(H,29,30);2-12,20-21,31H,13H2,1H3,(H,29,30);2-12,18-19,30-31H,13H2,1H3,(H,28,29). The molecule has 3 saturated carbocycles. The molecule has 9 aromatic carbocycles. The van der Waals surface area contributed by atoms with E-state index in [4.69, 9.17) is 9.97 Å². The number of H-pyrrole nitrogens is 3. The van der Waals surface area contributed by atoms with E-state index in [0.717, 1.165) is 132 Å². The van der Waals surface area contributed by atoms with Gasteiger partial charge >= 0.3 is 46.6 Å². The van der Waals surface area contributed by atoms with Crippen LogP contribution in [0.25, 0.3) is 66.5 Å². The van der Waals surface area contributed by atoms with E-state index < -0.39 is 62.7 Å². The fourth-order valence-electron chi connectivity index (χ4n) is 12.9. The highest BCUT2D eigenvalue weighted by Crippen LogP contribution is 2.56. The molecule has 8 N–H and O–H groups in total. The van der Waals surface area contributed by atoms with Gasteiger partial charge in [-0.25, -0.2) is 23.4 Å².